The summed E-state index contributed by atoms with van der Waals surface area (Å²) in [5.41, 5.74) is -1.30. The average Bonchev–Trinajstić information content (AvgIpc) is 2.27. The maximum Gasteiger partial charge on any atom is 0.231 e. The third kappa shape index (κ3) is 3.93. The van der Waals surface area contributed by atoms with E-state index in [4.69, 9.17) is 4.74 Å². The van der Waals surface area contributed by atoms with E-state index in [2.05, 4.69) is 5.32 Å². The number of aliphatic hydroxyl groups is 1. The molecule has 1 fully saturated rings. The van der Waals surface area contributed by atoms with Gasteiger partial charge in [-0.1, -0.05) is 0 Å². The maximum atomic E-state index is 12.6. The molecule has 5 heteroatoms. The lowest BCUT2D eigenvalue weighted by Crippen LogP contribution is -2.52. The summed E-state index contributed by atoms with van der Waals surface area (Å²) in [5, 5.41) is 13.1. The molecule has 0 spiro atoms. The highest BCUT2D eigenvalue weighted by molar-refractivity contribution is 5.83. The van der Waals surface area contributed by atoms with Crippen LogP contribution in [0.3, 0.4) is 0 Å². The Morgan fingerprint density at radius 1 is 1.44 bits per heavy atom. The van der Waals surface area contributed by atoms with Crippen molar-refractivity contribution in [2.75, 3.05) is 40.4 Å². The van der Waals surface area contributed by atoms with E-state index < -0.39 is 11.0 Å². The molecule has 0 aromatic rings. The molecule has 0 aromatic heterocycles. The first-order valence-corrected chi connectivity index (χ1v) is 6.48. The first-order chi connectivity index (χ1) is 8.31. The number of piperidine rings is 1. The SMILES string of the molecule is COCC1(C(=O)N(C)CC(C)(C)O)CCNCC1. The van der Waals surface area contributed by atoms with E-state index in [-0.39, 0.29) is 5.91 Å². The summed E-state index contributed by atoms with van der Waals surface area (Å²) in [6.45, 7) is 5.88. The average molecular weight is 258 g/mol. The second-order valence-corrected chi connectivity index (χ2v) is 5.94. The minimum atomic E-state index is -0.869. The predicted octanol–water partition coefficient (Wildman–Crippen LogP) is 0.232. The van der Waals surface area contributed by atoms with Gasteiger partial charge in [0.2, 0.25) is 5.91 Å². The number of nitrogens with zero attached hydrogens (tertiary/aromatic N) is 1. The smallest absolute Gasteiger partial charge is 0.231 e. The maximum absolute atomic E-state index is 12.6. The highest BCUT2D eigenvalue weighted by Gasteiger charge is 2.42. The number of amides is 1. The van der Waals surface area contributed by atoms with Gasteiger partial charge in [0.1, 0.15) is 0 Å². The number of hydrogen-bond donors (Lipinski definition) is 2. The van der Waals surface area contributed by atoms with Gasteiger partial charge in [0.25, 0.3) is 0 Å². The fourth-order valence-electron chi connectivity index (χ4n) is 2.66. The number of hydrogen-bond acceptors (Lipinski definition) is 4. The van der Waals surface area contributed by atoms with Crippen molar-refractivity contribution in [1.82, 2.24) is 10.2 Å². The van der Waals surface area contributed by atoms with Crippen LogP contribution in [-0.4, -0.2) is 61.9 Å². The topological polar surface area (TPSA) is 61.8 Å². The van der Waals surface area contributed by atoms with Gasteiger partial charge in [0.15, 0.2) is 0 Å². The van der Waals surface area contributed by atoms with E-state index in [9.17, 15) is 9.90 Å². The van der Waals surface area contributed by atoms with Crippen LogP contribution in [0.4, 0.5) is 0 Å². The van der Waals surface area contributed by atoms with Crippen LogP contribution in [-0.2, 0) is 9.53 Å². The standard InChI is InChI=1S/C13H26N2O3/c1-12(2,17)9-15(3)11(16)13(10-18-4)5-7-14-8-6-13/h14,17H,5-10H2,1-4H3. The largest absolute Gasteiger partial charge is 0.389 e. The van der Waals surface area contributed by atoms with Crippen molar-refractivity contribution in [3.05, 3.63) is 0 Å². The van der Waals surface area contributed by atoms with Gasteiger partial charge in [0, 0.05) is 20.7 Å². The molecule has 0 aliphatic carbocycles. The Bertz CT molecular complexity index is 275. The first kappa shape index (κ1) is 15.4. The van der Waals surface area contributed by atoms with Gasteiger partial charge in [-0.3, -0.25) is 4.79 Å². The van der Waals surface area contributed by atoms with Crippen LogP contribution in [0, 0.1) is 5.41 Å². The molecule has 1 aliphatic heterocycles. The Labute approximate surface area is 109 Å². The Kier molecular flexibility index (Phi) is 5.13. The summed E-state index contributed by atoms with van der Waals surface area (Å²) in [7, 11) is 3.38. The van der Waals surface area contributed by atoms with Gasteiger partial charge < -0.3 is 20.1 Å². The second kappa shape index (κ2) is 5.99. The Morgan fingerprint density at radius 2 is 2.00 bits per heavy atom. The van der Waals surface area contributed by atoms with Crippen LogP contribution in [0.1, 0.15) is 26.7 Å². The lowest BCUT2D eigenvalue weighted by atomic mass is 9.78. The first-order valence-electron chi connectivity index (χ1n) is 6.48. The zero-order valence-corrected chi connectivity index (χ0v) is 12.0. The lowest BCUT2D eigenvalue weighted by molar-refractivity contribution is -0.148. The van der Waals surface area contributed by atoms with Gasteiger partial charge in [-0.05, 0) is 39.8 Å². The third-order valence-electron chi connectivity index (χ3n) is 3.41. The fourth-order valence-corrected chi connectivity index (χ4v) is 2.66. The van der Waals surface area contributed by atoms with Crippen molar-refractivity contribution in [3.8, 4) is 0 Å². The van der Waals surface area contributed by atoms with Crippen LogP contribution >= 0.6 is 0 Å². The minimum absolute atomic E-state index is 0.0768. The molecular formula is C13H26N2O3. The molecule has 1 aliphatic rings. The number of rotatable bonds is 5. The Balaban J connectivity index is 2.75. The van der Waals surface area contributed by atoms with Crippen LogP contribution in [0.5, 0.6) is 0 Å². The second-order valence-electron chi connectivity index (χ2n) is 5.94. The van der Waals surface area contributed by atoms with Gasteiger partial charge in [0.05, 0.1) is 17.6 Å². The molecule has 1 rings (SSSR count). The molecule has 1 saturated heterocycles. The molecule has 0 aromatic carbocycles. The number of methoxy groups -OCH3 is 1. The minimum Gasteiger partial charge on any atom is -0.389 e. The molecule has 106 valence electrons. The van der Waals surface area contributed by atoms with E-state index in [1.165, 1.54) is 0 Å². The Morgan fingerprint density at radius 3 is 2.44 bits per heavy atom. The highest BCUT2D eigenvalue weighted by Crippen LogP contribution is 2.31. The van der Waals surface area contributed by atoms with Crippen molar-refractivity contribution in [2.24, 2.45) is 5.41 Å². The summed E-state index contributed by atoms with van der Waals surface area (Å²) in [6.07, 6.45) is 1.58. The van der Waals surface area contributed by atoms with Crippen LogP contribution in [0.15, 0.2) is 0 Å². The summed E-state index contributed by atoms with van der Waals surface area (Å²) in [4.78, 5) is 14.2. The number of carbonyl (C=O) groups excluding carboxylic acids is 1. The van der Waals surface area contributed by atoms with Crippen LogP contribution < -0.4 is 5.32 Å². The number of ether oxygens (including phenoxy) is 1. The molecule has 0 saturated carbocycles. The molecule has 5 nitrogen and oxygen atoms in total. The number of likely N-dealkylation sites (N-methyl/N-ethyl adjacent to an activating group) is 1. The van der Waals surface area contributed by atoms with E-state index in [1.807, 2.05) is 0 Å². The van der Waals surface area contributed by atoms with Crippen molar-refractivity contribution < 1.29 is 14.6 Å². The molecule has 0 bridgehead atoms. The monoisotopic (exact) mass is 258 g/mol. The molecule has 0 atom stereocenters. The number of nitrogens with one attached hydrogen (secondary N) is 1. The predicted molar refractivity (Wildman–Crippen MR) is 70.3 cm³/mol. The zero-order chi connectivity index (χ0) is 13.8. The van der Waals surface area contributed by atoms with Gasteiger partial charge in [-0.25, -0.2) is 0 Å². The quantitative estimate of drug-likeness (QED) is 0.741. The summed E-state index contributed by atoms with van der Waals surface area (Å²) in [5.74, 6) is 0.0768. The lowest BCUT2D eigenvalue weighted by Gasteiger charge is -2.39. The third-order valence-corrected chi connectivity index (χ3v) is 3.41. The number of carbonyl (C=O) groups is 1. The van der Waals surface area contributed by atoms with E-state index in [0.717, 1.165) is 25.9 Å². The molecule has 1 heterocycles. The normalized spacial score (nSPS) is 19.6. The molecule has 1 amide bonds. The van der Waals surface area contributed by atoms with Crippen LogP contribution in [0.25, 0.3) is 0 Å². The van der Waals surface area contributed by atoms with E-state index in [1.54, 1.807) is 32.9 Å². The fraction of sp³-hybridized carbons (Fsp3) is 0.923. The van der Waals surface area contributed by atoms with Gasteiger partial charge >= 0.3 is 0 Å². The van der Waals surface area contributed by atoms with Crippen molar-refractivity contribution >= 4 is 5.91 Å². The summed E-state index contributed by atoms with van der Waals surface area (Å²) in [6, 6.07) is 0. The molecule has 18 heavy (non-hydrogen) atoms. The van der Waals surface area contributed by atoms with Crippen molar-refractivity contribution in [3.63, 3.8) is 0 Å². The Hall–Kier alpha value is -0.650. The van der Waals surface area contributed by atoms with E-state index in [0.29, 0.717) is 13.2 Å². The zero-order valence-electron chi connectivity index (χ0n) is 12.0. The molecule has 2 N–H and O–H groups in total. The van der Waals surface area contributed by atoms with Crippen molar-refractivity contribution in [1.29, 1.82) is 0 Å². The summed E-state index contributed by atoms with van der Waals surface area (Å²) >= 11 is 0. The summed E-state index contributed by atoms with van der Waals surface area (Å²) < 4.78 is 5.25. The van der Waals surface area contributed by atoms with Crippen LogP contribution in [0.2, 0.25) is 0 Å². The highest BCUT2D eigenvalue weighted by atomic mass is 16.5. The van der Waals surface area contributed by atoms with Gasteiger partial charge in [-0.2, -0.15) is 0 Å². The van der Waals surface area contributed by atoms with Crippen molar-refractivity contribution in [2.45, 2.75) is 32.3 Å². The molecule has 0 radical (unpaired) electrons. The molecular weight excluding hydrogens is 232 g/mol. The molecule has 0 unspecified atom stereocenters. The van der Waals surface area contributed by atoms with Gasteiger partial charge in [-0.15, -0.1) is 0 Å². The van der Waals surface area contributed by atoms with E-state index >= 15 is 0 Å².